The molecule has 6 heteroatoms. The Labute approximate surface area is 196 Å². The molecule has 2 aliphatic rings. The Kier molecular flexibility index (Phi) is 7.11. The first-order valence-corrected chi connectivity index (χ1v) is 12.0. The molecule has 2 atom stereocenters. The topological polar surface area (TPSA) is 69.7 Å². The number of hydrogen-bond donors (Lipinski definition) is 1. The summed E-state index contributed by atoms with van der Waals surface area (Å²) in [6.45, 7) is 2.90. The highest BCUT2D eigenvalue weighted by Crippen LogP contribution is 2.38. The number of urea groups is 1. The zero-order valence-electron chi connectivity index (χ0n) is 19.3. The first kappa shape index (κ1) is 23.0. The van der Waals surface area contributed by atoms with Gasteiger partial charge in [0.25, 0.3) is 5.91 Å². The van der Waals surface area contributed by atoms with E-state index >= 15 is 0 Å². The summed E-state index contributed by atoms with van der Waals surface area (Å²) in [5, 5.41) is 2.95. The van der Waals surface area contributed by atoms with Crippen molar-refractivity contribution >= 4 is 17.8 Å². The Hall–Kier alpha value is -3.15. The molecule has 1 N–H and O–H groups in total. The van der Waals surface area contributed by atoms with Crippen LogP contribution in [0.5, 0.6) is 0 Å². The van der Waals surface area contributed by atoms with Crippen molar-refractivity contribution in [1.82, 2.24) is 15.1 Å². The molecule has 2 fully saturated rings. The van der Waals surface area contributed by atoms with Gasteiger partial charge in [-0.15, -0.1) is 0 Å². The number of carbonyl (C=O) groups is 3. The normalized spacial score (nSPS) is 22.5. The van der Waals surface area contributed by atoms with E-state index < -0.39 is 11.6 Å². The predicted octanol–water partition coefficient (Wildman–Crippen LogP) is 3.80. The lowest BCUT2D eigenvalue weighted by molar-refractivity contribution is -0.140. The van der Waals surface area contributed by atoms with Crippen molar-refractivity contribution in [3.05, 3.63) is 71.8 Å². The summed E-state index contributed by atoms with van der Waals surface area (Å²) in [6.07, 6.45) is 4.99. The van der Waals surface area contributed by atoms with Gasteiger partial charge in [0.1, 0.15) is 12.1 Å². The van der Waals surface area contributed by atoms with E-state index in [0.717, 1.165) is 48.1 Å². The van der Waals surface area contributed by atoms with Crippen LogP contribution in [0.2, 0.25) is 0 Å². The molecule has 1 saturated carbocycles. The number of nitrogens with zero attached hydrogens (tertiary/aromatic N) is 2. The largest absolute Gasteiger partial charge is 0.340 e. The molecule has 1 aliphatic carbocycles. The van der Waals surface area contributed by atoms with Crippen LogP contribution in [-0.2, 0) is 22.4 Å². The maximum atomic E-state index is 13.3. The Morgan fingerprint density at radius 2 is 1.55 bits per heavy atom. The zero-order valence-corrected chi connectivity index (χ0v) is 19.3. The van der Waals surface area contributed by atoms with E-state index in [4.69, 9.17) is 0 Å². The first-order valence-electron chi connectivity index (χ1n) is 12.0. The van der Waals surface area contributed by atoms with E-state index in [0.29, 0.717) is 19.5 Å². The van der Waals surface area contributed by atoms with Gasteiger partial charge in [0, 0.05) is 13.1 Å². The average molecular weight is 448 g/mol. The SMILES string of the molecule is CC1CCCCC12NC(=O)N(CC(=O)N(CCc1ccccc1)CCc1ccccc1)C2=O. The highest BCUT2D eigenvalue weighted by Gasteiger charge is 2.55. The summed E-state index contributed by atoms with van der Waals surface area (Å²) in [4.78, 5) is 42.3. The van der Waals surface area contributed by atoms with Crippen molar-refractivity contribution in [2.45, 2.75) is 51.0 Å². The molecule has 4 amide bonds. The number of imide groups is 1. The molecule has 2 aromatic carbocycles. The fourth-order valence-corrected chi connectivity index (χ4v) is 5.05. The molecule has 1 aliphatic heterocycles. The molecule has 1 spiro atoms. The fraction of sp³-hybridized carbons (Fsp3) is 0.444. The van der Waals surface area contributed by atoms with Gasteiger partial charge in [-0.1, -0.05) is 80.4 Å². The number of benzene rings is 2. The molecule has 0 bridgehead atoms. The maximum absolute atomic E-state index is 13.3. The number of amides is 4. The first-order chi connectivity index (χ1) is 16.0. The van der Waals surface area contributed by atoms with Crippen molar-refractivity contribution in [2.75, 3.05) is 19.6 Å². The second-order valence-corrected chi connectivity index (χ2v) is 9.29. The molecule has 1 heterocycles. The van der Waals surface area contributed by atoms with Crippen LogP contribution >= 0.6 is 0 Å². The summed E-state index contributed by atoms with van der Waals surface area (Å²) in [7, 11) is 0. The van der Waals surface area contributed by atoms with E-state index in [2.05, 4.69) is 5.32 Å². The summed E-state index contributed by atoms with van der Waals surface area (Å²) in [5.74, 6) is -0.347. The van der Waals surface area contributed by atoms with Crippen molar-refractivity contribution in [3.63, 3.8) is 0 Å². The molecule has 2 unspecified atom stereocenters. The lowest BCUT2D eigenvalue weighted by Gasteiger charge is -2.36. The standard InChI is InChI=1S/C27H33N3O3/c1-21-10-8-9-17-27(21)25(32)30(26(33)28-27)20-24(31)29(18-15-22-11-4-2-5-12-22)19-16-23-13-6-3-7-14-23/h2-7,11-14,21H,8-10,15-20H2,1H3,(H,28,33). The van der Waals surface area contributed by atoms with Crippen LogP contribution < -0.4 is 5.32 Å². The second-order valence-electron chi connectivity index (χ2n) is 9.29. The summed E-state index contributed by atoms with van der Waals surface area (Å²) in [6, 6.07) is 19.7. The van der Waals surface area contributed by atoms with E-state index in [9.17, 15) is 14.4 Å². The average Bonchev–Trinajstić information content (AvgIpc) is 3.07. The third-order valence-corrected chi connectivity index (χ3v) is 7.17. The Balaban J connectivity index is 1.45. The van der Waals surface area contributed by atoms with Gasteiger partial charge in [0.15, 0.2) is 0 Å². The molecule has 0 aromatic heterocycles. The summed E-state index contributed by atoms with van der Waals surface area (Å²) < 4.78 is 0. The molecule has 2 aromatic rings. The van der Waals surface area contributed by atoms with Crippen molar-refractivity contribution in [2.24, 2.45) is 5.92 Å². The Bertz CT molecular complexity index is 935. The van der Waals surface area contributed by atoms with Gasteiger partial charge in [-0.25, -0.2) is 4.79 Å². The van der Waals surface area contributed by atoms with E-state index in [1.807, 2.05) is 67.6 Å². The van der Waals surface area contributed by atoms with Crippen LogP contribution in [0, 0.1) is 5.92 Å². The quantitative estimate of drug-likeness (QED) is 0.626. The number of rotatable bonds is 8. The summed E-state index contributed by atoms with van der Waals surface area (Å²) in [5.41, 5.74) is 1.47. The minimum Gasteiger partial charge on any atom is -0.340 e. The maximum Gasteiger partial charge on any atom is 0.325 e. The molecular weight excluding hydrogens is 414 g/mol. The minimum absolute atomic E-state index is 0.0788. The molecule has 1 saturated heterocycles. The van der Waals surface area contributed by atoms with Gasteiger partial charge >= 0.3 is 6.03 Å². The molecule has 4 rings (SSSR count). The highest BCUT2D eigenvalue weighted by molar-refractivity contribution is 6.09. The lowest BCUT2D eigenvalue weighted by atomic mass is 9.73. The van der Waals surface area contributed by atoms with Crippen LogP contribution in [0.3, 0.4) is 0 Å². The Morgan fingerprint density at radius 3 is 2.09 bits per heavy atom. The monoisotopic (exact) mass is 447 g/mol. The molecule has 33 heavy (non-hydrogen) atoms. The van der Waals surface area contributed by atoms with Crippen LogP contribution in [0.15, 0.2) is 60.7 Å². The van der Waals surface area contributed by atoms with Crippen LogP contribution in [0.25, 0.3) is 0 Å². The van der Waals surface area contributed by atoms with Crippen molar-refractivity contribution < 1.29 is 14.4 Å². The van der Waals surface area contributed by atoms with Crippen molar-refractivity contribution in [3.8, 4) is 0 Å². The molecule has 174 valence electrons. The van der Waals surface area contributed by atoms with Gasteiger partial charge in [-0.05, 0) is 42.7 Å². The number of carbonyl (C=O) groups excluding carboxylic acids is 3. The third kappa shape index (κ3) is 5.10. The van der Waals surface area contributed by atoms with E-state index in [1.54, 1.807) is 4.90 Å². The number of nitrogens with one attached hydrogen (secondary N) is 1. The summed E-state index contributed by atoms with van der Waals surface area (Å²) >= 11 is 0. The van der Waals surface area contributed by atoms with E-state index in [-0.39, 0.29) is 24.3 Å². The zero-order chi connectivity index (χ0) is 23.3. The van der Waals surface area contributed by atoms with Crippen LogP contribution in [-0.4, -0.2) is 52.8 Å². The van der Waals surface area contributed by atoms with Gasteiger partial charge < -0.3 is 10.2 Å². The van der Waals surface area contributed by atoms with E-state index in [1.165, 1.54) is 0 Å². The van der Waals surface area contributed by atoms with Gasteiger partial charge in [-0.2, -0.15) is 0 Å². The predicted molar refractivity (Wildman–Crippen MR) is 127 cm³/mol. The van der Waals surface area contributed by atoms with Gasteiger partial charge in [-0.3, -0.25) is 14.5 Å². The number of hydrogen-bond acceptors (Lipinski definition) is 3. The lowest BCUT2D eigenvalue weighted by Crippen LogP contribution is -2.54. The smallest absolute Gasteiger partial charge is 0.325 e. The molecular formula is C27H33N3O3. The van der Waals surface area contributed by atoms with Gasteiger partial charge in [0.2, 0.25) is 5.91 Å². The van der Waals surface area contributed by atoms with Gasteiger partial charge in [0.05, 0.1) is 0 Å². The van der Waals surface area contributed by atoms with Crippen LogP contribution in [0.4, 0.5) is 4.79 Å². The second kappa shape index (κ2) is 10.2. The van der Waals surface area contributed by atoms with Crippen LogP contribution in [0.1, 0.15) is 43.7 Å². The molecule has 6 nitrogen and oxygen atoms in total. The Morgan fingerprint density at radius 1 is 0.970 bits per heavy atom. The molecule has 0 radical (unpaired) electrons. The third-order valence-electron chi connectivity index (χ3n) is 7.17. The highest BCUT2D eigenvalue weighted by atomic mass is 16.2. The minimum atomic E-state index is -0.839. The van der Waals surface area contributed by atoms with Crippen molar-refractivity contribution in [1.29, 1.82) is 0 Å². The fourth-order valence-electron chi connectivity index (χ4n) is 5.05.